The molecule has 154 valence electrons. The Morgan fingerprint density at radius 2 is 1.69 bits per heavy atom. The standard InChI is InChI=1S/C24H28NO3.HI/c1-15-8-9-16(2)22(27-6)18(15)11-13-21-24(3,4)19-14-17(23(26)28-7)10-12-20(19)25(21)5;/h8-14H,1-7H3;1H/q+1;/p-1/b13-11+;. The molecule has 0 aliphatic carbocycles. The minimum atomic E-state index is -0.314. The van der Waals surface area contributed by atoms with Crippen molar-refractivity contribution in [3.8, 4) is 5.75 Å². The first kappa shape index (κ1) is 23.1. The summed E-state index contributed by atoms with van der Waals surface area (Å²) in [6.07, 6.45) is 4.28. The number of ether oxygens (including phenoxy) is 2. The van der Waals surface area contributed by atoms with Gasteiger partial charge in [0.05, 0.1) is 25.2 Å². The fourth-order valence-corrected chi connectivity index (χ4v) is 4.03. The molecule has 5 heteroatoms. The zero-order valence-corrected chi connectivity index (χ0v) is 20.2. The predicted molar refractivity (Wildman–Crippen MR) is 113 cm³/mol. The van der Waals surface area contributed by atoms with Crippen molar-refractivity contribution >= 4 is 23.4 Å². The summed E-state index contributed by atoms with van der Waals surface area (Å²) in [5.74, 6) is 0.589. The number of halogens is 1. The van der Waals surface area contributed by atoms with Gasteiger partial charge in [-0.25, -0.2) is 4.79 Å². The molecular formula is C24H28INO3. The lowest BCUT2D eigenvalue weighted by atomic mass is 9.80. The Morgan fingerprint density at radius 1 is 1.03 bits per heavy atom. The van der Waals surface area contributed by atoms with E-state index in [9.17, 15) is 4.79 Å². The minimum absolute atomic E-state index is 0. The Morgan fingerprint density at radius 3 is 2.31 bits per heavy atom. The van der Waals surface area contributed by atoms with Crippen molar-refractivity contribution in [1.29, 1.82) is 0 Å². The molecule has 0 spiro atoms. The lowest BCUT2D eigenvalue weighted by Gasteiger charge is -2.16. The molecule has 0 saturated heterocycles. The number of methoxy groups -OCH3 is 2. The Labute approximate surface area is 190 Å². The van der Waals surface area contributed by atoms with Crippen molar-refractivity contribution in [2.75, 3.05) is 21.3 Å². The highest BCUT2D eigenvalue weighted by Crippen LogP contribution is 2.40. The second-order valence-electron chi connectivity index (χ2n) is 7.77. The number of hydrogen-bond acceptors (Lipinski definition) is 3. The second-order valence-corrected chi connectivity index (χ2v) is 7.77. The molecule has 0 unspecified atom stereocenters. The summed E-state index contributed by atoms with van der Waals surface area (Å²) in [6, 6.07) is 9.94. The number of carbonyl (C=O) groups is 1. The average molecular weight is 505 g/mol. The first-order valence-electron chi connectivity index (χ1n) is 9.38. The van der Waals surface area contributed by atoms with Crippen molar-refractivity contribution in [1.82, 2.24) is 0 Å². The fourth-order valence-electron chi connectivity index (χ4n) is 4.03. The van der Waals surface area contributed by atoms with Crippen LogP contribution in [0.2, 0.25) is 0 Å². The van der Waals surface area contributed by atoms with Gasteiger partial charge in [-0.15, -0.1) is 0 Å². The fraction of sp³-hybridized carbons (Fsp3) is 0.333. The molecule has 0 N–H and O–H groups in total. The summed E-state index contributed by atoms with van der Waals surface area (Å²) in [5.41, 5.74) is 7.08. The number of carbonyl (C=O) groups excluding carboxylic acids is 1. The third kappa shape index (κ3) is 3.97. The lowest BCUT2D eigenvalue weighted by Crippen LogP contribution is -3.00. The van der Waals surface area contributed by atoms with Crippen molar-refractivity contribution in [2.45, 2.75) is 33.1 Å². The Hall–Kier alpha value is -2.15. The maximum Gasteiger partial charge on any atom is 0.337 e. The van der Waals surface area contributed by atoms with Gasteiger partial charge in [-0.3, -0.25) is 0 Å². The van der Waals surface area contributed by atoms with E-state index in [1.807, 2.05) is 18.2 Å². The van der Waals surface area contributed by atoms with Crippen molar-refractivity contribution < 1.29 is 42.8 Å². The molecule has 29 heavy (non-hydrogen) atoms. The van der Waals surface area contributed by atoms with Crippen LogP contribution in [-0.2, 0) is 10.2 Å². The van der Waals surface area contributed by atoms with Crippen molar-refractivity contribution in [2.24, 2.45) is 0 Å². The molecule has 4 nitrogen and oxygen atoms in total. The first-order chi connectivity index (χ1) is 13.2. The number of aryl methyl sites for hydroxylation is 2. The van der Waals surface area contributed by atoms with E-state index in [4.69, 9.17) is 9.47 Å². The summed E-state index contributed by atoms with van der Waals surface area (Å²) >= 11 is 0. The highest BCUT2D eigenvalue weighted by atomic mass is 127. The van der Waals surface area contributed by atoms with Gasteiger partial charge in [-0.2, -0.15) is 4.58 Å². The number of benzene rings is 2. The molecule has 0 radical (unpaired) electrons. The van der Waals surface area contributed by atoms with Gasteiger partial charge in [0.25, 0.3) is 0 Å². The molecule has 3 rings (SSSR count). The van der Waals surface area contributed by atoms with E-state index < -0.39 is 0 Å². The summed E-state index contributed by atoms with van der Waals surface area (Å²) in [5, 5.41) is 0. The number of nitrogens with zero attached hydrogens (tertiary/aromatic N) is 1. The Kier molecular flexibility index (Phi) is 6.93. The highest BCUT2D eigenvalue weighted by Gasteiger charge is 2.43. The molecule has 0 aromatic heterocycles. The quantitative estimate of drug-likeness (QED) is 0.362. The minimum Gasteiger partial charge on any atom is -1.00 e. The number of hydrogen-bond donors (Lipinski definition) is 0. The number of esters is 1. The number of allylic oxidation sites excluding steroid dienone is 1. The normalized spacial score (nSPS) is 14.6. The molecular weight excluding hydrogens is 477 g/mol. The van der Waals surface area contributed by atoms with Crippen LogP contribution in [0.1, 0.15) is 46.5 Å². The largest absolute Gasteiger partial charge is 1.00 e. The second kappa shape index (κ2) is 8.69. The lowest BCUT2D eigenvalue weighted by molar-refractivity contribution is -0.401. The molecule has 2 aromatic rings. The van der Waals surface area contributed by atoms with E-state index in [1.54, 1.807) is 7.11 Å². The van der Waals surface area contributed by atoms with Gasteiger partial charge in [0, 0.05) is 23.3 Å². The van der Waals surface area contributed by atoms with E-state index in [-0.39, 0.29) is 35.4 Å². The molecule has 0 amide bonds. The van der Waals surface area contributed by atoms with E-state index in [0.717, 1.165) is 33.8 Å². The molecule has 1 heterocycles. The third-order valence-corrected chi connectivity index (χ3v) is 5.68. The van der Waals surface area contributed by atoms with Gasteiger partial charge in [0.2, 0.25) is 5.69 Å². The predicted octanol–water partition coefficient (Wildman–Crippen LogP) is 1.82. The van der Waals surface area contributed by atoms with Crippen molar-refractivity contribution in [3.05, 3.63) is 64.2 Å². The van der Waals surface area contributed by atoms with Gasteiger partial charge >= 0.3 is 5.97 Å². The number of rotatable bonds is 4. The maximum absolute atomic E-state index is 12.0. The molecule has 0 fully saturated rings. The Bertz CT molecular complexity index is 1020. The van der Waals surface area contributed by atoms with Gasteiger partial charge in [-0.05, 0) is 57.0 Å². The SMILES string of the molecule is COC(=O)c1ccc2c(c1)C(C)(C)C(/C=C/c1c(C)ccc(C)c1OC)=[N+]2C.[I-]. The van der Waals surface area contributed by atoms with E-state index in [2.05, 4.69) is 63.6 Å². The van der Waals surface area contributed by atoms with E-state index in [1.165, 1.54) is 12.7 Å². The smallest absolute Gasteiger partial charge is 0.337 e. The zero-order valence-electron chi connectivity index (χ0n) is 18.1. The molecule has 0 bridgehead atoms. The summed E-state index contributed by atoms with van der Waals surface area (Å²) in [7, 11) is 5.18. The highest BCUT2D eigenvalue weighted by molar-refractivity contribution is 6.06. The van der Waals surface area contributed by atoms with Crippen LogP contribution in [0.4, 0.5) is 5.69 Å². The van der Waals surface area contributed by atoms with Gasteiger partial charge in [0.15, 0.2) is 5.71 Å². The number of fused-ring (bicyclic) bond motifs is 1. The van der Waals surface area contributed by atoms with Gasteiger partial charge in [-0.1, -0.05) is 12.1 Å². The molecule has 1 aliphatic rings. The van der Waals surface area contributed by atoms with E-state index >= 15 is 0 Å². The maximum atomic E-state index is 12.0. The van der Waals surface area contributed by atoms with Crippen LogP contribution in [0.15, 0.2) is 36.4 Å². The summed E-state index contributed by atoms with van der Waals surface area (Å²) in [4.78, 5) is 12.0. The Balaban J connectivity index is 0.00000300. The topological polar surface area (TPSA) is 38.5 Å². The molecule has 0 atom stereocenters. The van der Waals surface area contributed by atoms with Crippen molar-refractivity contribution in [3.63, 3.8) is 0 Å². The van der Waals surface area contributed by atoms with Crippen LogP contribution in [0.3, 0.4) is 0 Å². The van der Waals surface area contributed by atoms with Gasteiger partial charge < -0.3 is 33.5 Å². The molecule has 2 aromatic carbocycles. The first-order valence-corrected chi connectivity index (χ1v) is 9.38. The van der Waals surface area contributed by atoms with Crippen LogP contribution >= 0.6 is 0 Å². The van der Waals surface area contributed by atoms with Crippen LogP contribution in [0, 0.1) is 13.8 Å². The molecule has 0 saturated carbocycles. The van der Waals surface area contributed by atoms with Crippen LogP contribution in [0.25, 0.3) is 6.08 Å². The van der Waals surface area contributed by atoms with E-state index in [0.29, 0.717) is 5.56 Å². The molecule has 1 aliphatic heterocycles. The van der Waals surface area contributed by atoms with Crippen LogP contribution < -0.4 is 28.7 Å². The zero-order chi connectivity index (χ0) is 20.6. The van der Waals surface area contributed by atoms with Crippen LogP contribution in [0.5, 0.6) is 5.75 Å². The summed E-state index contributed by atoms with van der Waals surface area (Å²) in [6.45, 7) is 8.50. The van der Waals surface area contributed by atoms with Crippen LogP contribution in [-0.4, -0.2) is 37.5 Å². The summed E-state index contributed by atoms with van der Waals surface area (Å²) < 4.78 is 12.7. The van der Waals surface area contributed by atoms with Gasteiger partial charge in [0.1, 0.15) is 12.8 Å². The third-order valence-electron chi connectivity index (χ3n) is 5.68. The average Bonchev–Trinajstić information content (AvgIpc) is 2.87. The monoisotopic (exact) mass is 505 g/mol.